The van der Waals surface area contributed by atoms with Crippen molar-refractivity contribution in [2.45, 2.75) is 12.1 Å². The molecule has 1 aromatic heterocycles. The number of carboxylic acids is 1. The maximum atomic E-state index is 10.6. The van der Waals surface area contributed by atoms with Crippen LogP contribution in [0.5, 0.6) is 0 Å². The van der Waals surface area contributed by atoms with E-state index in [1.54, 1.807) is 18.2 Å². The van der Waals surface area contributed by atoms with Crippen LogP contribution in [-0.4, -0.2) is 40.5 Å². The van der Waals surface area contributed by atoms with Crippen molar-refractivity contribution in [3.05, 3.63) is 34.1 Å². The quantitative estimate of drug-likeness (QED) is 0.826. The summed E-state index contributed by atoms with van der Waals surface area (Å²) in [5.41, 5.74) is 0.735. The van der Waals surface area contributed by atoms with E-state index < -0.39 is 12.1 Å². The van der Waals surface area contributed by atoms with E-state index >= 15 is 0 Å². The monoisotopic (exact) mass is 383 g/mol. The van der Waals surface area contributed by atoms with Crippen LogP contribution in [0.25, 0.3) is 11.4 Å². The highest BCUT2D eigenvalue weighted by molar-refractivity contribution is 6.36. The summed E-state index contributed by atoms with van der Waals surface area (Å²) in [6, 6.07) is 5.21. The third kappa shape index (κ3) is 4.59. The van der Waals surface area contributed by atoms with E-state index in [1.165, 1.54) is 0 Å². The molecule has 1 aliphatic heterocycles. The smallest absolute Gasteiger partial charge is 0.475 e. The van der Waals surface area contributed by atoms with Gasteiger partial charge in [-0.1, -0.05) is 28.4 Å². The first-order valence-corrected chi connectivity index (χ1v) is 7.24. The van der Waals surface area contributed by atoms with Gasteiger partial charge in [-0.2, -0.15) is 18.2 Å². The number of aromatic nitrogens is 2. The van der Waals surface area contributed by atoms with Gasteiger partial charge in [-0.05, 0) is 18.2 Å². The third-order valence-electron chi connectivity index (χ3n) is 2.99. The number of halogens is 5. The van der Waals surface area contributed by atoms with Gasteiger partial charge < -0.3 is 14.9 Å². The summed E-state index contributed by atoms with van der Waals surface area (Å²) in [4.78, 5) is 13.2. The minimum atomic E-state index is -5.08. The lowest BCUT2D eigenvalue weighted by Crippen LogP contribution is -2.40. The second-order valence-electron chi connectivity index (χ2n) is 4.74. The minimum Gasteiger partial charge on any atom is -0.475 e. The Hall–Kier alpha value is -1.84. The lowest BCUT2D eigenvalue weighted by atomic mass is 10.0. The Morgan fingerprint density at radius 2 is 1.96 bits per heavy atom. The number of nitrogens with one attached hydrogen (secondary N) is 1. The number of benzene rings is 1. The molecule has 0 radical (unpaired) electrons. The lowest BCUT2D eigenvalue weighted by molar-refractivity contribution is -0.192. The molecule has 1 aromatic carbocycles. The lowest BCUT2D eigenvalue weighted by Gasteiger charge is -2.22. The molecule has 6 nitrogen and oxygen atoms in total. The fraction of sp³-hybridized carbons (Fsp3) is 0.308. The molecule has 130 valence electrons. The summed E-state index contributed by atoms with van der Waals surface area (Å²) >= 11 is 11.9. The molecule has 11 heteroatoms. The Morgan fingerprint density at radius 3 is 2.42 bits per heavy atom. The Labute approximate surface area is 143 Å². The van der Waals surface area contributed by atoms with Crippen LogP contribution in [0.3, 0.4) is 0 Å². The fourth-order valence-corrected chi connectivity index (χ4v) is 2.14. The van der Waals surface area contributed by atoms with Crippen molar-refractivity contribution < 1.29 is 27.6 Å². The highest BCUT2D eigenvalue weighted by Crippen LogP contribution is 2.29. The van der Waals surface area contributed by atoms with Gasteiger partial charge in [0.1, 0.15) is 0 Å². The number of carboxylic acid groups (broad SMARTS) is 1. The Balaban J connectivity index is 0.000000256. The number of alkyl halides is 3. The molecule has 1 fully saturated rings. The van der Waals surface area contributed by atoms with E-state index in [9.17, 15) is 13.2 Å². The second-order valence-corrected chi connectivity index (χ2v) is 5.58. The zero-order valence-corrected chi connectivity index (χ0v) is 13.3. The Bertz CT molecular complexity index is 733. The molecule has 0 bridgehead atoms. The zero-order chi connectivity index (χ0) is 17.9. The van der Waals surface area contributed by atoms with Crippen LogP contribution in [0.4, 0.5) is 13.2 Å². The molecule has 0 amide bonds. The second kappa shape index (κ2) is 7.37. The fourth-order valence-electron chi connectivity index (χ4n) is 1.64. The molecule has 1 aliphatic rings. The van der Waals surface area contributed by atoms with E-state index in [0.29, 0.717) is 27.7 Å². The van der Waals surface area contributed by atoms with Crippen LogP contribution in [0.2, 0.25) is 10.0 Å². The van der Waals surface area contributed by atoms with Gasteiger partial charge in [-0.15, -0.1) is 0 Å². The molecule has 1 saturated heterocycles. The van der Waals surface area contributed by atoms with Gasteiger partial charge in [0.25, 0.3) is 0 Å². The van der Waals surface area contributed by atoms with Crippen LogP contribution in [0.15, 0.2) is 22.7 Å². The third-order valence-corrected chi connectivity index (χ3v) is 3.53. The van der Waals surface area contributed by atoms with Crippen LogP contribution in [0, 0.1) is 0 Å². The molecular weight excluding hydrogens is 374 g/mol. The van der Waals surface area contributed by atoms with Gasteiger partial charge in [0, 0.05) is 23.7 Å². The molecule has 2 N–H and O–H groups in total. The van der Waals surface area contributed by atoms with Crippen molar-refractivity contribution in [3.63, 3.8) is 0 Å². The van der Waals surface area contributed by atoms with Gasteiger partial charge in [-0.25, -0.2) is 4.79 Å². The van der Waals surface area contributed by atoms with Gasteiger partial charge in [-0.3, -0.25) is 0 Å². The average molecular weight is 384 g/mol. The molecule has 0 atom stereocenters. The van der Waals surface area contributed by atoms with Crippen molar-refractivity contribution in [1.29, 1.82) is 0 Å². The summed E-state index contributed by atoms with van der Waals surface area (Å²) in [5.74, 6) is -1.27. The topological polar surface area (TPSA) is 88.3 Å². The number of hydrogen-bond acceptors (Lipinski definition) is 5. The van der Waals surface area contributed by atoms with Crippen LogP contribution in [0.1, 0.15) is 11.8 Å². The minimum absolute atomic E-state index is 0.322. The van der Waals surface area contributed by atoms with E-state index in [4.69, 9.17) is 37.6 Å². The number of aliphatic carboxylic acids is 1. The predicted octanol–water partition coefficient (Wildman–Crippen LogP) is 3.36. The zero-order valence-electron chi connectivity index (χ0n) is 11.8. The standard InChI is InChI=1S/C11H9Cl2N3O.C2HF3O2/c12-7-1-2-8(9(13)3-7)10-15-11(17-16-10)6-4-14-5-6;3-2(4,5)1(6)7/h1-3,6,14H,4-5H2;(H,6,7). The van der Waals surface area contributed by atoms with Crippen molar-refractivity contribution >= 4 is 29.2 Å². The summed E-state index contributed by atoms with van der Waals surface area (Å²) in [6.45, 7) is 1.77. The Morgan fingerprint density at radius 1 is 1.33 bits per heavy atom. The number of hydrogen-bond donors (Lipinski definition) is 2. The number of carbonyl (C=O) groups is 1. The van der Waals surface area contributed by atoms with E-state index in [1.807, 2.05) is 0 Å². The Kier molecular flexibility index (Phi) is 5.68. The highest BCUT2D eigenvalue weighted by Gasteiger charge is 2.38. The summed E-state index contributed by atoms with van der Waals surface area (Å²) < 4.78 is 37.0. The first-order chi connectivity index (χ1) is 11.2. The number of nitrogens with zero attached hydrogens (tertiary/aromatic N) is 2. The first kappa shape index (κ1) is 18.5. The molecule has 24 heavy (non-hydrogen) atoms. The molecule has 3 rings (SSSR count). The maximum absolute atomic E-state index is 10.6. The van der Waals surface area contributed by atoms with Crippen molar-refractivity contribution in [1.82, 2.24) is 15.5 Å². The molecule has 0 unspecified atom stereocenters. The normalized spacial score (nSPS) is 14.5. The van der Waals surface area contributed by atoms with Gasteiger partial charge in [0.15, 0.2) is 0 Å². The molecule has 0 spiro atoms. The maximum Gasteiger partial charge on any atom is 0.490 e. The van der Waals surface area contributed by atoms with E-state index in [-0.39, 0.29) is 0 Å². The van der Waals surface area contributed by atoms with Crippen molar-refractivity contribution in [2.24, 2.45) is 0 Å². The van der Waals surface area contributed by atoms with E-state index in [0.717, 1.165) is 18.7 Å². The predicted molar refractivity (Wildman–Crippen MR) is 79.1 cm³/mol. The average Bonchev–Trinajstić information content (AvgIpc) is 2.85. The largest absolute Gasteiger partial charge is 0.490 e. The van der Waals surface area contributed by atoms with Crippen LogP contribution in [-0.2, 0) is 4.79 Å². The molecule has 2 heterocycles. The molecule has 0 saturated carbocycles. The summed E-state index contributed by atoms with van der Waals surface area (Å²) in [6.07, 6.45) is -5.08. The molecular formula is C13H10Cl2F3N3O3. The molecule has 0 aliphatic carbocycles. The SMILES string of the molecule is Clc1ccc(-c2noc(C3CNC3)n2)c(Cl)c1.O=C(O)C(F)(F)F. The summed E-state index contributed by atoms with van der Waals surface area (Å²) in [5, 5.41) is 15.3. The van der Waals surface area contributed by atoms with Crippen LogP contribution >= 0.6 is 23.2 Å². The highest BCUT2D eigenvalue weighted by atomic mass is 35.5. The van der Waals surface area contributed by atoms with Crippen molar-refractivity contribution in [2.75, 3.05) is 13.1 Å². The van der Waals surface area contributed by atoms with Crippen molar-refractivity contribution in [3.8, 4) is 11.4 Å². The number of rotatable bonds is 2. The molecule has 2 aromatic rings. The van der Waals surface area contributed by atoms with Crippen LogP contribution < -0.4 is 5.32 Å². The van der Waals surface area contributed by atoms with Gasteiger partial charge >= 0.3 is 12.1 Å². The summed E-state index contributed by atoms with van der Waals surface area (Å²) in [7, 11) is 0. The van der Waals surface area contributed by atoms with Gasteiger partial charge in [0.05, 0.1) is 10.9 Å². The van der Waals surface area contributed by atoms with Gasteiger partial charge in [0.2, 0.25) is 11.7 Å². The first-order valence-electron chi connectivity index (χ1n) is 6.48. The van der Waals surface area contributed by atoms with E-state index in [2.05, 4.69) is 15.5 Å².